The molecule has 5 heteroatoms. The Morgan fingerprint density at radius 2 is 2.16 bits per heavy atom. The molecular weight excluding hydrogens is 280 g/mol. The van der Waals surface area contributed by atoms with Crippen molar-refractivity contribution in [2.45, 2.75) is 17.3 Å². The number of hydrogen-bond acceptors (Lipinski definition) is 4. The lowest BCUT2D eigenvalue weighted by Crippen LogP contribution is -1.98. The van der Waals surface area contributed by atoms with Crippen LogP contribution in [0.25, 0.3) is 0 Å². The summed E-state index contributed by atoms with van der Waals surface area (Å²) in [6.45, 7) is 0.529. The zero-order chi connectivity index (χ0) is 13.7. The van der Waals surface area contributed by atoms with E-state index in [9.17, 15) is 0 Å². The van der Waals surface area contributed by atoms with Crippen LogP contribution in [0.3, 0.4) is 0 Å². The van der Waals surface area contributed by atoms with Gasteiger partial charge in [0.05, 0.1) is 17.2 Å². The molecule has 0 fully saturated rings. The standard InChI is InChI=1S/C14H15ClN2OS/c1-18-13-4-2-10(7-16)6-11(13)9-19-14-5-3-12(15)8-17-14/h2-6,8H,7,9,16H2,1H3. The number of ether oxygens (including phenoxy) is 1. The maximum absolute atomic E-state index is 5.81. The quantitative estimate of drug-likeness (QED) is 0.858. The van der Waals surface area contributed by atoms with Gasteiger partial charge in [-0.25, -0.2) is 4.98 Å². The predicted molar refractivity (Wildman–Crippen MR) is 79.7 cm³/mol. The Labute approximate surface area is 122 Å². The molecule has 0 atom stereocenters. The summed E-state index contributed by atoms with van der Waals surface area (Å²) in [4.78, 5) is 4.26. The fraction of sp³-hybridized carbons (Fsp3) is 0.214. The van der Waals surface area contributed by atoms with Gasteiger partial charge in [0.15, 0.2) is 0 Å². The van der Waals surface area contributed by atoms with Crippen molar-refractivity contribution < 1.29 is 4.74 Å². The maximum Gasteiger partial charge on any atom is 0.122 e. The second-order valence-electron chi connectivity index (χ2n) is 3.95. The summed E-state index contributed by atoms with van der Waals surface area (Å²) < 4.78 is 5.36. The molecular formula is C14H15ClN2OS. The van der Waals surface area contributed by atoms with Gasteiger partial charge in [0, 0.05) is 24.1 Å². The largest absolute Gasteiger partial charge is 0.496 e. The molecule has 2 aromatic rings. The summed E-state index contributed by atoms with van der Waals surface area (Å²) in [5.74, 6) is 1.66. The van der Waals surface area contributed by atoms with Gasteiger partial charge in [-0.3, -0.25) is 0 Å². The number of benzene rings is 1. The Kier molecular flexibility index (Phi) is 5.07. The average molecular weight is 295 g/mol. The first-order valence-corrected chi connectivity index (χ1v) is 7.19. The van der Waals surface area contributed by atoms with Crippen LogP contribution in [0, 0.1) is 0 Å². The molecule has 0 aliphatic heterocycles. The van der Waals surface area contributed by atoms with Gasteiger partial charge >= 0.3 is 0 Å². The molecule has 0 saturated heterocycles. The molecule has 1 heterocycles. The lowest BCUT2D eigenvalue weighted by molar-refractivity contribution is 0.411. The van der Waals surface area contributed by atoms with Crippen LogP contribution in [0.5, 0.6) is 5.75 Å². The zero-order valence-electron chi connectivity index (χ0n) is 10.6. The molecule has 1 aromatic heterocycles. The predicted octanol–water partition coefficient (Wildman–Crippen LogP) is 3.49. The van der Waals surface area contributed by atoms with Gasteiger partial charge in [0.25, 0.3) is 0 Å². The SMILES string of the molecule is COc1ccc(CN)cc1CSc1ccc(Cl)cn1. The second kappa shape index (κ2) is 6.80. The number of thioether (sulfide) groups is 1. The van der Waals surface area contributed by atoms with Crippen molar-refractivity contribution in [2.75, 3.05) is 7.11 Å². The van der Waals surface area contributed by atoms with Crippen molar-refractivity contribution in [1.82, 2.24) is 4.98 Å². The average Bonchev–Trinajstić information content (AvgIpc) is 2.46. The molecule has 2 N–H and O–H groups in total. The monoisotopic (exact) mass is 294 g/mol. The Morgan fingerprint density at radius 1 is 1.32 bits per heavy atom. The van der Waals surface area contributed by atoms with Gasteiger partial charge in [0.1, 0.15) is 5.75 Å². The number of pyridine rings is 1. The first-order chi connectivity index (χ1) is 9.22. The highest BCUT2D eigenvalue weighted by atomic mass is 35.5. The molecule has 0 amide bonds. The lowest BCUT2D eigenvalue weighted by atomic mass is 10.1. The van der Waals surface area contributed by atoms with E-state index in [4.69, 9.17) is 22.1 Å². The molecule has 2 rings (SSSR count). The summed E-state index contributed by atoms with van der Waals surface area (Å²) in [5.41, 5.74) is 7.87. The number of nitrogens with zero attached hydrogens (tertiary/aromatic N) is 1. The first-order valence-electron chi connectivity index (χ1n) is 5.83. The summed E-state index contributed by atoms with van der Waals surface area (Å²) in [7, 11) is 1.67. The van der Waals surface area contributed by atoms with Crippen LogP contribution in [0.1, 0.15) is 11.1 Å². The maximum atomic E-state index is 5.81. The molecule has 3 nitrogen and oxygen atoms in total. The Hall–Kier alpha value is -1.23. The third-order valence-corrected chi connectivity index (χ3v) is 3.87. The minimum Gasteiger partial charge on any atom is -0.496 e. The zero-order valence-corrected chi connectivity index (χ0v) is 12.2. The van der Waals surface area contributed by atoms with E-state index < -0.39 is 0 Å². The molecule has 0 saturated carbocycles. The van der Waals surface area contributed by atoms with Crippen LogP contribution >= 0.6 is 23.4 Å². The van der Waals surface area contributed by atoms with Crippen LogP contribution in [0.2, 0.25) is 5.02 Å². The molecule has 0 spiro atoms. The Bertz CT molecular complexity index is 546. The Balaban J connectivity index is 2.11. The number of halogens is 1. The van der Waals surface area contributed by atoms with E-state index in [-0.39, 0.29) is 0 Å². The highest BCUT2D eigenvalue weighted by Gasteiger charge is 2.05. The van der Waals surface area contributed by atoms with Gasteiger partial charge in [-0.1, -0.05) is 17.7 Å². The van der Waals surface area contributed by atoms with E-state index in [2.05, 4.69) is 11.1 Å². The van der Waals surface area contributed by atoms with Gasteiger partial charge < -0.3 is 10.5 Å². The Morgan fingerprint density at radius 3 is 2.79 bits per heavy atom. The van der Waals surface area contributed by atoms with Gasteiger partial charge in [-0.15, -0.1) is 11.8 Å². The summed E-state index contributed by atoms with van der Waals surface area (Å²) >= 11 is 7.45. The summed E-state index contributed by atoms with van der Waals surface area (Å²) in [6.07, 6.45) is 1.65. The fourth-order valence-corrected chi connectivity index (χ4v) is 2.60. The van der Waals surface area contributed by atoms with E-state index in [1.165, 1.54) is 0 Å². The molecule has 0 radical (unpaired) electrons. The third-order valence-electron chi connectivity index (χ3n) is 2.66. The van der Waals surface area contributed by atoms with Gasteiger partial charge in [-0.05, 0) is 29.8 Å². The van der Waals surface area contributed by atoms with E-state index in [0.717, 1.165) is 27.7 Å². The van der Waals surface area contributed by atoms with E-state index in [1.54, 1.807) is 25.1 Å². The normalized spacial score (nSPS) is 10.5. The number of hydrogen-bond donors (Lipinski definition) is 1. The summed E-state index contributed by atoms with van der Waals surface area (Å²) in [6, 6.07) is 9.75. The molecule has 0 unspecified atom stereocenters. The van der Waals surface area contributed by atoms with Crippen LogP contribution in [-0.4, -0.2) is 12.1 Å². The third kappa shape index (κ3) is 3.86. The molecule has 0 aliphatic carbocycles. The van der Waals surface area contributed by atoms with E-state index >= 15 is 0 Å². The summed E-state index contributed by atoms with van der Waals surface area (Å²) in [5, 5.41) is 1.58. The molecule has 0 aliphatic rings. The van der Waals surface area contributed by atoms with Crippen molar-refractivity contribution in [1.29, 1.82) is 0 Å². The second-order valence-corrected chi connectivity index (χ2v) is 5.39. The molecule has 100 valence electrons. The van der Waals surface area contributed by atoms with Crippen LogP contribution in [0.15, 0.2) is 41.6 Å². The molecule has 0 bridgehead atoms. The van der Waals surface area contributed by atoms with Gasteiger partial charge in [-0.2, -0.15) is 0 Å². The first kappa shape index (κ1) is 14.2. The van der Waals surface area contributed by atoms with Crippen molar-refractivity contribution >= 4 is 23.4 Å². The number of nitrogens with two attached hydrogens (primary N) is 1. The van der Waals surface area contributed by atoms with Crippen molar-refractivity contribution in [3.05, 3.63) is 52.7 Å². The molecule has 19 heavy (non-hydrogen) atoms. The number of rotatable bonds is 5. The van der Waals surface area contributed by atoms with Crippen molar-refractivity contribution in [3.63, 3.8) is 0 Å². The van der Waals surface area contributed by atoms with Crippen molar-refractivity contribution in [2.24, 2.45) is 5.73 Å². The van der Waals surface area contributed by atoms with Crippen molar-refractivity contribution in [3.8, 4) is 5.75 Å². The molecule has 1 aromatic carbocycles. The van der Waals surface area contributed by atoms with Crippen LogP contribution in [0.4, 0.5) is 0 Å². The smallest absolute Gasteiger partial charge is 0.122 e. The highest BCUT2D eigenvalue weighted by Crippen LogP contribution is 2.28. The van der Waals surface area contributed by atoms with Crippen LogP contribution in [-0.2, 0) is 12.3 Å². The van der Waals surface area contributed by atoms with E-state index in [1.807, 2.05) is 24.3 Å². The fourth-order valence-electron chi connectivity index (χ4n) is 1.67. The van der Waals surface area contributed by atoms with Crippen LogP contribution < -0.4 is 10.5 Å². The minimum absolute atomic E-state index is 0.529. The van der Waals surface area contributed by atoms with E-state index in [0.29, 0.717) is 11.6 Å². The number of aromatic nitrogens is 1. The number of methoxy groups -OCH3 is 1. The lowest BCUT2D eigenvalue weighted by Gasteiger charge is -2.09. The minimum atomic E-state index is 0.529. The topological polar surface area (TPSA) is 48.1 Å². The highest BCUT2D eigenvalue weighted by molar-refractivity contribution is 7.98. The van der Waals surface area contributed by atoms with Gasteiger partial charge in [0.2, 0.25) is 0 Å².